The van der Waals surface area contributed by atoms with Crippen molar-refractivity contribution < 1.29 is 14.3 Å². The second-order valence-electron chi connectivity index (χ2n) is 4.66. The van der Waals surface area contributed by atoms with Crippen molar-refractivity contribution in [2.45, 2.75) is 18.9 Å². The Bertz CT molecular complexity index is 639. The Morgan fingerprint density at radius 1 is 1.42 bits per heavy atom. The molecule has 1 aromatic heterocycles. The maximum Gasteiger partial charge on any atom is 0.326 e. The van der Waals surface area contributed by atoms with Gasteiger partial charge in [-0.05, 0) is 30.4 Å². The summed E-state index contributed by atoms with van der Waals surface area (Å²) in [5, 5.41) is 10.4. The molecule has 1 unspecified atom stereocenters. The highest BCUT2D eigenvalue weighted by Crippen LogP contribution is 2.31. The van der Waals surface area contributed by atoms with Gasteiger partial charge in [-0.2, -0.15) is 0 Å². The SMILES string of the molecule is O=C(O)C1CCCN1c1nccc2cccc(F)c12. The van der Waals surface area contributed by atoms with Crippen molar-refractivity contribution in [2.75, 3.05) is 11.4 Å². The first-order valence-corrected chi connectivity index (χ1v) is 6.21. The first-order chi connectivity index (χ1) is 9.18. The number of hydrogen-bond acceptors (Lipinski definition) is 3. The van der Waals surface area contributed by atoms with Crippen LogP contribution in [0.15, 0.2) is 30.5 Å². The minimum absolute atomic E-state index is 0.364. The number of halogens is 1. The van der Waals surface area contributed by atoms with Crippen LogP contribution in [-0.4, -0.2) is 28.6 Å². The van der Waals surface area contributed by atoms with Gasteiger partial charge in [0.2, 0.25) is 0 Å². The number of aliphatic carboxylic acids is 1. The summed E-state index contributed by atoms with van der Waals surface area (Å²) < 4.78 is 14.0. The molecule has 1 aromatic carbocycles. The molecule has 5 heteroatoms. The van der Waals surface area contributed by atoms with Crippen LogP contribution >= 0.6 is 0 Å². The molecule has 1 N–H and O–H groups in total. The van der Waals surface area contributed by atoms with Crippen LogP contribution in [0.25, 0.3) is 10.8 Å². The van der Waals surface area contributed by atoms with Gasteiger partial charge in [-0.3, -0.25) is 0 Å². The van der Waals surface area contributed by atoms with Crippen LogP contribution in [0.4, 0.5) is 10.2 Å². The van der Waals surface area contributed by atoms with Gasteiger partial charge >= 0.3 is 5.97 Å². The molecule has 0 radical (unpaired) electrons. The fraction of sp³-hybridized carbons (Fsp3) is 0.286. The minimum Gasteiger partial charge on any atom is -0.480 e. The number of rotatable bonds is 2. The van der Waals surface area contributed by atoms with Gasteiger partial charge in [0, 0.05) is 12.7 Å². The Labute approximate surface area is 109 Å². The Kier molecular flexibility index (Phi) is 2.81. The van der Waals surface area contributed by atoms with Gasteiger partial charge in [-0.25, -0.2) is 14.2 Å². The standard InChI is InChI=1S/C14H13FN2O2/c15-10-4-1-3-9-6-7-16-13(12(9)10)17-8-2-5-11(17)14(18)19/h1,3-4,6-7,11H,2,5,8H2,(H,18,19). The Hall–Kier alpha value is -2.17. The normalized spacial score (nSPS) is 19.0. The van der Waals surface area contributed by atoms with Crippen molar-refractivity contribution in [1.82, 2.24) is 4.98 Å². The van der Waals surface area contributed by atoms with Gasteiger partial charge in [0.05, 0.1) is 5.39 Å². The molecule has 1 fully saturated rings. The summed E-state index contributed by atoms with van der Waals surface area (Å²) >= 11 is 0. The lowest BCUT2D eigenvalue weighted by Gasteiger charge is -2.23. The van der Waals surface area contributed by atoms with E-state index in [9.17, 15) is 14.3 Å². The van der Waals surface area contributed by atoms with Crippen molar-refractivity contribution in [2.24, 2.45) is 0 Å². The van der Waals surface area contributed by atoms with Crippen LogP contribution in [0, 0.1) is 5.82 Å². The quantitative estimate of drug-likeness (QED) is 0.901. The van der Waals surface area contributed by atoms with E-state index in [4.69, 9.17) is 0 Å². The third kappa shape index (κ3) is 1.91. The minimum atomic E-state index is -0.882. The van der Waals surface area contributed by atoms with Gasteiger partial charge in [0.25, 0.3) is 0 Å². The van der Waals surface area contributed by atoms with E-state index in [1.165, 1.54) is 6.07 Å². The molecule has 3 rings (SSSR count). The second-order valence-corrected chi connectivity index (χ2v) is 4.66. The van der Waals surface area contributed by atoms with E-state index in [-0.39, 0.29) is 5.82 Å². The van der Waals surface area contributed by atoms with Gasteiger partial charge < -0.3 is 10.0 Å². The molecule has 4 nitrogen and oxygen atoms in total. The highest BCUT2D eigenvalue weighted by molar-refractivity contribution is 5.94. The maximum atomic E-state index is 14.0. The molecule has 0 saturated carbocycles. The summed E-state index contributed by atoms with van der Waals surface area (Å²) in [6.45, 7) is 0.595. The number of pyridine rings is 1. The predicted octanol–water partition coefficient (Wildman–Crippen LogP) is 2.43. The highest BCUT2D eigenvalue weighted by Gasteiger charge is 2.32. The Morgan fingerprint density at radius 3 is 3.05 bits per heavy atom. The van der Waals surface area contributed by atoms with E-state index >= 15 is 0 Å². The molecule has 0 amide bonds. The molecule has 1 aliphatic heterocycles. The monoisotopic (exact) mass is 260 g/mol. The van der Waals surface area contributed by atoms with E-state index in [0.29, 0.717) is 24.2 Å². The van der Waals surface area contributed by atoms with E-state index in [2.05, 4.69) is 4.98 Å². The van der Waals surface area contributed by atoms with Gasteiger partial charge in [-0.15, -0.1) is 0 Å². The number of carbonyl (C=O) groups is 1. The van der Waals surface area contributed by atoms with Crippen LogP contribution in [0.1, 0.15) is 12.8 Å². The van der Waals surface area contributed by atoms with Crippen molar-refractivity contribution in [1.29, 1.82) is 0 Å². The maximum absolute atomic E-state index is 14.0. The molecule has 0 spiro atoms. The molecule has 0 bridgehead atoms. The zero-order valence-electron chi connectivity index (χ0n) is 10.2. The summed E-state index contributed by atoms with van der Waals surface area (Å²) in [7, 11) is 0. The second kappa shape index (κ2) is 4.50. The molecule has 1 aliphatic rings. The van der Waals surface area contributed by atoms with Crippen LogP contribution < -0.4 is 4.90 Å². The number of carboxylic acid groups (broad SMARTS) is 1. The molecule has 1 saturated heterocycles. The van der Waals surface area contributed by atoms with E-state index in [0.717, 1.165) is 11.8 Å². The van der Waals surface area contributed by atoms with Crippen molar-refractivity contribution in [3.8, 4) is 0 Å². The average molecular weight is 260 g/mol. The largest absolute Gasteiger partial charge is 0.480 e. The van der Waals surface area contributed by atoms with Crippen LogP contribution in [0.5, 0.6) is 0 Å². The zero-order chi connectivity index (χ0) is 13.4. The number of fused-ring (bicyclic) bond motifs is 1. The fourth-order valence-corrected chi connectivity index (χ4v) is 2.66. The van der Waals surface area contributed by atoms with Crippen LogP contribution in [0.3, 0.4) is 0 Å². The zero-order valence-corrected chi connectivity index (χ0v) is 10.2. The topological polar surface area (TPSA) is 53.4 Å². The van der Waals surface area contributed by atoms with E-state index in [1.807, 2.05) is 0 Å². The average Bonchev–Trinajstić information content (AvgIpc) is 2.87. The Morgan fingerprint density at radius 2 is 2.26 bits per heavy atom. The number of nitrogens with zero attached hydrogens (tertiary/aromatic N) is 2. The molecule has 2 aromatic rings. The third-order valence-corrected chi connectivity index (χ3v) is 3.53. The van der Waals surface area contributed by atoms with Crippen molar-refractivity contribution >= 4 is 22.6 Å². The third-order valence-electron chi connectivity index (χ3n) is 3.53. The molecule has 1 atom stereocenters. The predicted molar refractivity (Wildman–Crippen MR) is 69.7 cm³/mol. The first kappa shape index (κ1) is 11.9. The summed E-state index contributed by atoms with van der Waals surface area (Å²) in [5.74, 6) is -0.815. The molecular weight excluding hydrogens is 247 g/mol. The van der Waals surface area contributed by atoms with Crippen molar-refractivity contribution in [3.63, 3.8) is 0 Å². The molecule has 0 aliphatic carbocycles. The van der Waals surface area contributed by atoms with E-state index in [1.54, 1.807) is 29.3 Å². The smallest absolute Gasteiger partial charge is 0.326 e. The summed E-state index contributed by atoms with van der Waals surface area (Å²) in [6, 6.07) is 5.93. The lowest BCUT2D eigenvalue weighted by atomic mass is 10.1. The van der Waals surface area contributed by atoms with Crippen LogP contribution in [0.2, 0.25) is 0 Å². The van der Waals surface area contributed by atoms with E-state index < -0.39 is 12.0 Å². The molecule has 19 heavy (non-hydrogen) atoms. The Balaban J connectivity index is 2.17. The number of hydrogen-bond donors (Lipinski definition) is 1. The number of benzene rings is 1. The molecular formula is C14H13FN2O2. The summed E-state index contributed by atoms with van der Waals surface area (Å²) in [5.41, 5.74) is 0. The highest BCUT2D eigenvalue weighted by atomic mass is 19.1. The number of aromatic nitrogens is 1. The summed E-state index contributed by atoms with van der Waals surface area (Å²) in [6.07, 6.45) is 2.94. The fourth-order valence-electron chi connectivity index (χ4n) is 2.66. The lowest BCUT2D eigenvalue weighted by molar-refractivity contribution is -0.138. The first-order valence-electron chi connectivity index (χ1n) is 6.21. The number of anilines is 1. The van der Waals surface area contributed by atoms with Gasteiger partial charge in [0.15, 0.2) is 0 Å². The molecule has 98 valence electrons. The molecule has 2 heterocycles. The van der Waals surface area contributed by atoms with Gasteiger partial charge in [-0.1, -0.05) is 12.1 Å². The van der Waals surface area contributed by atoms with Gasteiger partial charge in [0.1, 0.15) is 17.7 Å². The van der Waals surface area contributed by atoms with Crippen LogP contribution in [-0.2, 0) is 4.79 Å². The van der Waals surface area contributed by atoms with Crippen molar-refractivity contribution in [3.05, 3.63) is 36.3 Å². The number of carboxylic acids is 1. The summed E-state index contributed by atoms with van der Waals surface area (Å²) in [4.78, 5) is 17.1. The lowest BCUT2D eigenvalue weighted by Crippen LogP contribution is -2.36.